The highest BCUT2D eigenvalue weighted by Crippen LogP contribution is 2.30. The number of hydrogen-bond donors (Lipinski definition) is 1. The quantitative estimate of drug-likeness (QED) is 0.521. The molecular formula is C22H27NO5. The number of aryl methyl sites for hydroxylation is 1. The number of anilines is 1. The summed E-state index contributed by atoms with van der Waals surface area (Å²) in [4.78, 5) is 25.3. The molecule has 0 amide bonds. The Balaban J connectivity index is 2.44. The molecule has 6 nitrogen and oxygen atoms in total. The van der Waals surface area contributed by atoms with Crippen molar-refractivity contribution in [1.29, 1.82) is 0 Å². The molecule has 0 spiro atoms. The van der Waals surface area contributed by atoms with Crippen LogP contribution in [0.4, 0.5) is 5.69 Å². The lowest BCUT2D eigenvalue weighted by molar-refractivity contribution is -0.162. The van der Waals surface area contributed by atoms with E-state index in [-0.39, 0.29) is 13.2 Å². The fraction of sp³-hybridized carbons (Fsp3) is 0.364. The van der Waals surface area contributed by atoms with Gasteiger partial charge in [0, 0.05) is 5.69 Å². The van der Waals surface area contributed by atoms with Crippen LogP contribution in [-0.4, -0.2) is 32.3 Å². The first-order chi connectivity index (χ1) is 13.5. The summed E-state index contributed by atoms with van der Waals surface area (Å²) < 4.78 is 15.5. The predicted molar refractivity (Wildman–Crippen MR) is 107 cm³/mol. The molecule has 2 aromatic carbocycles. The molecule has 0 aliphatic carbocycles. The van der Waals surface area contributed by atoms with E-state index in [4.69, 9.17) is 14.2 Å². The van der Waals surface area contributed by atoms with Crippen molar-refractivity contribution in [2.75, 3.05) is 25.6 Å². The number of esters is 2. The summed E-state index contributed by atoms with van der Waals surface area (Å²) in [5, 5.41) is 3.29. The standard InChI is InChI=1S/C22H27NO5/c1-5-27-21(24)19(22(25)28-6-2)20(16-9-7-15(3)8-10-16)23-17-11-13-18(26-4)14-12-17/h7-14,19-20,23H,5-6H2,1-4H3. The van der Waals surface area contributed by atoms with Crippen LogP contribution < -0.4 is 10.1 Å². The molecule has 0 saturated heterocycles. The summed E-state index contributed by atoms with van der Waals surface area (Å²) in [5.41, 5.74) is 2.60. The van der Waals surface area contributed by atoms with E-state index >= 15 is 0 Å². The average Bonchev–Trinajstić information content (AvgIpc) is 2.69. The predicted octanol–water partition coefficient (Wildman–Crippen LogP) is 3.90. The summed E-state index contributed by atoms with van der Waals surface area (Å²) in [7, 11) is 1.59. The summed E-state index contributed by atoms with van der Waals surface area (Å²) in [5.74, 6) is -1.66. The van der Waals surface area contributed by atoms with Gasteiger partial charge in [0.05, 0.1) is 26.4 Å². The minimum atomic E-state index is -1.13. The maximum atomic E-state index is 12.6. The number of nitrogens with one attached hydrogen (secondary N) is 1. The van der Waals surface area contributed by atoms with Gasteiger partial charge in [0.1, 0.15) is 5.75 Å². The average molecular weight is 385 g/mol. The normalized spacial score (nSPS) is 11.6. The molecule has 1 unspecified atom stereocenters. The SMILES string of the molecule is CCOC(=O)C(C(=O)OCC)C(Nc1ccc(OC)cc1)c1ccc(C)cc1. The van der Waals surface area contributed by atoms with E-state index in [1.54, 1.807) is 33.1 Å². The Morgan fingerprint density at radius 1 is 0.893 bits per heavy atom. The van der Waals surface area contributed by atoms with Gasteiger partial charge in [-0.25, -0.2) is 0 Å². The highest BCUT2D eigenvalue weighted by atomic mass is 16.6. The summed E-state index contributed by atoms with van der Waals surface area (Å²) >= 11 is 0. The lowest BCUT2D eigenvalue weighted by atomic mass is 9.92. The van der Waals surface area contributed by atoms with Crippen LogP contribution in [0, 0.1) is 12.8 Å². The number of carbonyl (C=O) groups excluding carboxylic acids is 2. The number of carbonyl (C=O) groups is 2. The number of rotatable bonds is 9. The first-order valence-electron chi connectivity index (χ1n) is 9.30. The molecule has 0 radical (unpaired) electrons. The maximum Gasteiger partial charge on any atom is 0.322 e. The zero-order chi connectivity index (χ0) is 20.5. The van der Waals surface area contributed by atoms with E-state index < -0.39 is 23.9 Å². The molecule has 0 aromatic heterocycles. The number of benzene rings is 2. The Hall–Kier alpha value is -3.02. The Morgan fingerprint density at radius 2 is 1.43 bits per heavy atom. The van der Waals surface area contributed by atoms with Gasteiger partial charge < -0.3 is 19.5 Å². The lowest BCUT2D eigenvalue weighted by Gasteiger charge is -2.26. The minimum absolute atomic E-state index is 0.178. The number of methoxy groups -OCH3 is 1. The van der Waals surface area contributed by atoms with Crippen LogP contribution >= 0.6 is 0 Å². The van der Waals surface area contributed by atoms with Crippen molar-refractivity contribution in [1.82, 2.24) is 0 Å². The van der Waals surface area contributed by atoms with Crippen molar-refractivity contribution in [3.05, 3.63) is 59.7 Å². The van der Waals surface area contributed by atoms with Crippen LogP contribution in [0.2, 0.25) is 0 Å². The maximum absolute atomic E-state index is 12.6. The van der Waals surface area contributed by atoms with Crippen LogP contribution in [0.3, 0.4) is 0 Å². The fourth-order valence-electron chi connectivity index (χ4n) is 2.83. The monoisotopic (exact) mass is 385 g/mol. The van der Waals surface area contributed by atoms with Crippen molar-refractivity contribution < 1.29 is 23.8 Å². The Labute approximate surface area is 165 Å². The third kappa shape index (κ3) is 5.49. The van der Waals surface area contributed by atoms with E-state index in [2.05, 4.69) is 5.32 Å². The van der Waals surface area contributed by atoms with Crippen molar-refractivity contribution >= 4 is 17.6 Å². The van der Waals surface area contributed by atoms with Gasteiger partial charge in [0.2, 0.25) is 0 Å². The van der Waals surface area contributed by atoms with Crippen LogP contribution in [0.1, 0.15) is 31.0 Å². The lowest BCUT2D eigenvalue weighted by Crippen LogP contribution is -2.36. The van der Waals surface area contributed by atoms with Gasteiger partial charge in [0.15, 0.2) is 5.92 Å². The van der Waals surface area contributed by atoms with Gasteiger partial charge in [-0.1, -0.05) is 29.8 Å². The largest absolute Gasteiger partial charge is 0.497 e. The summed E-state index contributed by atoms with van der Waals surface area (Å²) in [6, 6.07) is 14.3. The van der Waals surface area contributed by atoms with Gasteiger partial charge in [-0.05, 0) is 50.6 Å². The van der Waals surface area contributed by atoms with Gasteiger partial charge in [0.25, 0.3) is 0 Å². The van der Waals surface area contributed by atoms with Crippen molar-refractivity contribution in [2.45, 2.75) is 26.8 Å². The molecule has 2 aromatic rings. The molecule has 0 fully saturated rings. The van der Waals surface area contributed by atoms with E-state index in [9.17, 15) is 9.59 Å². The van der Waals surface area contributed by atoms with Crippen molar-refractivity contribution in [2.24, 2.45) is 5.92 Å². The van der Waals surface area contributed by atoms with Crippen molar-refractivity contribution in [3.63, 3.8) is 0 Å². The van der Waals surface area contributed by atoms with Gasteiger partial charge in [-0.2, -0.15) is 0 Å². The molecule has 0 bridgehead atoms. The van der Waals surface area contributed by atoms with Crippen LogP contribution in [0.5, 0.6) is 5.75 Å². The van der Waals surface area contributed by atoms with Gasteiger partial charge in [-0.15, -0.1) is 0 Å². The molecule has 1 atom stereocenters. The Bertz CT molecular complexity index is 753. The molecule has 0 heterocycles. The van der Waals surface area contributed by atoms with Crippen LogP contribution in [0.15, 0.2) is 48.5 Å². The summed E-state index contributed by atoms with van der Waals surface area (Å²) in [6.45, 7) is 5.75. The highest BCUT2D eigenvalue weighted by molar-refractivity contribution is 5.96. The molecular weight excluding hydrogens is 358 g/mol. The number of hydrogen-bond acceptors (Lipinski definition) is 6. The van der Waals surface area contributed by atoms with Crippen LogP contribution in [-0.2, 0) is 19.1 Å². The van der Waals surface area contributed by atoms with E-state index in [1.165, 1.54) is 0 Å². The topological polar surface area (TPSA) is 73.9 Å². The molecule has 6 heteroatoms. The molecule has 0 saturated carbocycles. The van der Waals surface area contributed by atoms with E-state index in [1.807, 2.05) is 43.3 Å². The molecule has 0 aliphatic rings. The van der Waals surface area contributed by atoms with Crippen LogP contribution in [0.25, 0.3) is 0 Å². The second-order valence-electron chi connectivity index (χ2n) is 6.24. The first-order valence-corrected chi connectivity index (χ1v) is 9.30. The summed E-state index contributed by atoms with van der Waals surface area (Å²) in [6.07, 6.45) is 0. The second kappa shape index (κ2) is 10.3. The fourth-order valence-corrected chi connectivity index (χ4v) is 2.83. The zero-order valence-electron chi connectivity index (χ0n) is 16.7. The third-order valence-electron chi connectivity index (χ3n) is 4.26. The smallest absolute Gasteiger partial charge is 0.322 e. The van der Waals surface area contributed by atoms with Crippen molar-refractivity contribution in [3.8, 4) is 5.75 Å². The minimum Gasteiger partial charge on any atom is -0.497 e. The molecule has 2 rings (SSSR count). The van der Waals surface area contributed by atoms with E-state index in [0.29, 0.717) is 5.75 Å². The molecule has 150 valence electrons. The second-order valence-corrected chi connectivity index (χ2v) is 6.24. The van der Waals surface area contributed by atoms with Gasteiger partial charge in [-0.3, -0.25) is 9.59 Å². The molecule has 1 N–H and O–H groups in total. The van der Waals surface area contributed by atoms with E-state index in [0.717, 1.165) is 16.8 Å². The Morgan fingerprint density at radius 3 is 1.89 bits per heavy atom. The molecule has 28 heavy (non-hydrogen) atoms. The Kier molecular flexibility index (Phi) is 7.87. The first kappa shape index (κ1) is 21.3. The molecule has 0 aliphatic heterocycles. The van der Waals surface area contributed by atoms with Gasteiger partial charge >= 0.3 is 11.9 Å². The number of ether oxygens (including phenoxy) is 3. The third-order valence-corrected chi connectivity index (χ3v) is 4.26. The zero-order valence-corrected chi connectivity index (χ0v) is 16.7. The highest BCUT2D eigenvalue weighted by Gasteiger charge is 2.38.